The van der Waals surface area contributed by atoms with E-state index in [4.69, 9.17) is 0 Å². The quantitative estimate of drug-likeness (QED) is 0.720. The molecule has 1 rings (SSSR count). The minimum Gasteiger partial charge on any atom is -0.0810 e. The van der Waals surface area contributed by atoms with Gasteiger partial charge in [0, 0.05) is 4.47 Å². The van der Waals surface area contributed by atoms with Crippen LogP contribution in [0.3, 0.4) is 0 Å². The van der Waals surface area contributed by atoms with Crippen LogP contribution < -0.4 is 0 Å². The van der Waals surface area contributed by atoms with Crippen LogP contribution in [-0.2, 0) is 0 Å². The van der Waals surface area contributed by atoms with Crippen molar-refractivity contribution in [2.75, 3.05) is 0 Å². The molecule has 0 saturated carbocycles. The van der Waals surface area contributed by atoms with E-state index in [2.05, 4.69) is 60.1 Å². The van der Waals surface area contributed by atoms with Gasteiger partial charge >= 0.3 is 0 Å². The molecule has 0 heterocycles. The zero-order chi connectivity index (χ0) is 9.68. The Morgan fingerprint density at radius 2 is 1.85 bits per heavy atom. The summed E-state index contributed by atoms with van der Waals surface area (Å²) < 4.78 is 1.14. The maximum atomic E-state index is 3.44. The van der Waals surface area contributed by atoms with Crippen LogP contribution in [0.1, 0.15) is 32.3 Å². The Balaban J connectivity index is 2.92. The maximum Gasteiger partial charge on any atom is 0.0175 e. The number of benzene rings is 1. The Hall–Kier alpha value is -0.560. The number of hydrogen-bond acceptors (Lipinski definition) is 0. The summed E-state index contributed by atoms with van der Waals surface area (Å²) in [6, 6.07) is 8.51. The molecule has 0 spiro atoms. The van der Waals surface area contributed by atoms with Gasteiger partial charge in [0.25, 0.3) is 0 Å². The summed E-state index contributed by atoms with van der Waals surface area (Å²) in [7, 11) is 0. The molecule has 0 aliphatic heterocycles. The highest BCUT2D eigenvalue weighted by Gasteiger charge is 1.97. The Morgan fingerprint density at radius 1 is 1.23 bits per heavy atom. The third kappa shape index (κ3) is 3.00. The molecule has 0 N–H and O–H groups in total. The van der Waals surface area contributed by atoms with E-state index in [9.17, 15) is 0 Å². The van der Waals surface area contributed by atoms with Gasteiger partial charge in [0.2, 0.25) is 0 Å². The molecule has 0 radical (unpaired) electrons. The molecule has 1 aromatic rings. The molecule has 0 amide bonds. The molecule has 0 aromatic heterocycles. The summed E-state index contributed by atoms with van der Waals surface area (Å²) in [6.45, 7) is 4.37. The maximum absolute atomic E-state index is 3.44. The monoisotopic (exact) mass is 238 g/mol. The van der Waals surface area contributed by atoms with Crippen molar-refractivity contribution in [3.63, 3.8) is 0 Å². The van der Waals surface area contributed by atoms with Gasteiger partial charge in [-0.1, -0.05) is 48.0 Å². The SMILES string of the molecule is CC/C=C(/CC)c1ccc(Br)cc1. The van der Waals surface area contributed by atoms with E-state index < -0.39 is 0 Å². The first-order valence-electron chi connectivity index (χ1n) is 4.73. The van der Waals surface area contributed by atoms with Gasteiger partial charge in [0.1, 0.15) is 0 Å². The lowest BCUT2D eigenvalue weighted by Crippen LogP contribution is -1.81. The average Bonchev–Trinajstić information content (AvgIpc) is 2.16. The second kappa shape index (κ2) is 5.23. The van der Waals surface area contributed by atoms with E-state index in [0.29, 0.717) is 0 Å². The largest absolute Gasteiger partial charge is 0.0810 e. The van der Waals surface area contributed by atoms with Crippen molar-refractivity contribution in [2.45, 2.75) is 26.7 Å². The van der Waals surface area contributed by atoms with Crippen LogP contribution in [-0.4, -0.2) is 0 Å². The molecule has 0 unspecified atom stereocenters. The molecule has 0 fully saturated rings. The minimum absolute atomic E-state index is 1.11. The predicted molar refractivity (Wildman–Crippen MR) is 62.7 cm³/mol. The smallest absolute Gasteiger partial charge is 0.0175 e. The van der Waals surface area contributed by atoms with Gasteiger partial charge in [-0.3, -0.25) is 0 Å². The summed E-state index contributed by atoms with van der Waals surface area (Å²) >= 11 is 3.44. The van der Waals surface area contributed by atoms with Crippen LogP contribution in [0.15, 0.2) is 34.8 Å². The standard InChI is InChI=1S/C12H15Br/c1-3-5-10(4-2)11-6-8-12(13)9-7-11/h5-9H,3-4H2,1-2H3/b10-5-. The van der Waals surface area contributed by atoms with Crippen LogP contribution in [0.25, 0.3) is 5.57 Å². The Morgan fingerprint density at radius 3 is 2.31 bits per heavy atom. The molecule has 1 aromatic carbocycles. The molecule has 70 valence electrons. The van der Waals surface area contributed by atoms with Crippen molar-refractivity contribution in [3.05, 3.63) is 40.4 Å². The van der Waals surface area contributed by atoms with E-state index >= 15 is 0 Å². The van der Waals surface area contributed by atoms with Crippen molar-refractivity contribution >= 4 is 21.5 Å². The molecular formula is C12H15Br. The normalized spacial score (nSPS) is 11.8. The fraction of sp³-hybridized carbons (Fsp3) is 0.333. The molecule has 13 heavy (non-hydrogen) atoms. The number of halogens is 1. The second-order valence-corrected chi connectivity index (χ2v) is 3.91. The predicted octanol–water partition coefficient (Wildman–Crippen LogP) is 4.65. The Kier molecular flexibility index (Phi) is 4.23. The van der Waals surface area contributed by atoms with Crippen LogP contribution >= 0.6 is 15.9 Å². The first-order chi connectivity index (χ1) is 6.27. The number of rotatable bonds is 3. The van der Waals surface area contributed by atoms with Crippen molar-refractivity contribution in [3.8, 4) is 0 Å². The molecule has 0 atom stereocenters. The molecule has 0 saturated heterocycles. The van der Waals surface area contributed by atoms with Gasteiger partial charge in [0.05, 0.1) is 0 Å². The zero-order valence-electron chi connectivity index (χ0n) is 8.18. The van der Waals surface area contributed by atoms with Gasteiger partial charge in [-0.2, -0.15) is 0 Å². The third-order valence-electron chi connectivity index (χ3n) is 2.05. The Labute approximate surface area is 88.8 Å². The van der Waals surface area contributed by atoms with E-state index in [1.807, 2.05) is 0 Å². The first kappa shape index (κ1) is 10.5. The van der Waals surface area contributed by atoms with E-state index in [1.165, 1.54) is 11.1 Å². The number of hydrogen-bond donors (Lipinski definition) is 0. The average molecular weight is 239 g/mol. The second-order valence-electron chi connectivity index (χ2n) is 3.00. The van der Waals surface area contributed by atoms with Gasteiger partial charge in [-0.25, -0.2) is 0 Å². The lowest BCUT2D eigenvalue weighted by atomic mass is 10.0. The van der Waals surface area contributed by atoms with Gasteiger partial charge < -0.3 is 0 Å². The van der Waals surface area contributed by atoms with Crippen molar-refractivity contribution in [1.82, 2.24) is 0 Å². The van der Waals surface area contributed by atoms with Crippen LogP contribution in [0, 0.1) is 0 Å². The molecule has 0 bridgehead atoms. The van der Waals surface area contributed by atoms with Gasteiger partial charge in [-0.15, -0.1) is 0 Å². The first-order valence-corrected chi connectivity index (χ1v) is 5.52. The summed E-state index contributed by atoms with van der Waals surface area (Å²) in [6.07, 6.45) is 4.51. The molecule has 0 nitrogen and oxygen atoms in total. The van der Waals surface area contributed by atoms with E-state index in [-0.39, 0.29) is 0 Å². The van der Waals surface area contributed by atoms with Crippen molar-refractivity contribution in [1.29, 1.82) is 0 Å². The summed E-state index contributed by atoms with van der Waals surface area (Å²) in [5.74, 6) is 0. The van der Waals surface area contributed by atoms with E-state index in [0.717, 1.165) is 17.3 Å². The lowest BCUT2D eigenvalue weighted by Gasteiger charge is -2.04. The zero-order valence-corrected chi connectivity index (χ0v) is 9.76. The van der Waals surface area contributed by atoms with Crippen LogP contribution in [0.2, 0.25) is 0 Å². The number of allylic oxidation sites excluding steroid dienone is 2. The van der Waals surface area contributed by atoms with Crippen LogP contribution in [0.4, 0.5) is 0 Å². The minimum atomic E-state index is 1.11. The van der Waals surface area contributed by atoms with Crippen molar-refractivity contribution < 1.29 is 0 Å². The highest BCUT2D eigenvalue weighted by atomic mass is 79.9. The summed E-state index contributed by atoms with van der Waals surface area (Å²) in [5, 5.41) is 0. The third-order valence-corrected chi connectivity index (χ3v) is 2.58. The van der Waals surface area contributed by atoms with Crippen LogP contribution in [0.5, 0.6) is 0 Å². The van der Waals surface area contributed by atoms with Gasteiger partial charge in [-0.05, 0) is 36.1 Å². The molecular weight excluding hydrogens is 224 g/mol. The fourth-order valence-electron chi connectivity index (χ4n) is 1.38. The summed E-state index contributed by atoms with van der Waals surface area (Å²) in [5.41, 5.74) is 2.78. The van der Waals surface area contributed by atoms with Gasteiger partial charge in [0.15, 0.2) is 0 Å². The molecule has 0 aliphatic carbocycles. The topological polar surface area (TPSA) is 0 Å². The Bertz CT molecular complexity index is 282. The summed E-state index contributed by atoms with van der Waals surface area (Å²) in [4.78, 5) is 0. The lowest BCUT2D eigenvalue weighted by molar-refractivity contribution is 1.17. The fourth-order valence-corrected chi connectivity index (χ4v) is 1.64. The molecule has 1 heteroatoms. The molecule has 0 aliphatic rings. The van der Waals surface area contributed by atoms with E-state index in [1.54, 1.807) is 0 Å². The highest BCUT2D eigenvalue weighted by Crippen LogP contribution is 2.20. The highest BCUT2D eigenvalue weighted by molar-refractivity contribution is 9.10. The van der Waals surface area contributed by atoms with Crippen molar-refractivity contribution in [2.24, 2.45) is 0 Å².